The zero-order valence-electron chi connectivity index (χ0n) is 23.6. The number of carbonyl (C=O) groups is 3. The minimum absolute atomic E-state index is 0.0128. The number of fused-ring (bicyclic) bond motifs is 1. The number of rotatable bonds is 13. The highest BCUT2D eigenvalue weighted by atomic mass is 16.5. The summed E-state index contributed by atoms with van der Waals surface area (Å²) in [5.41, 5.74) is -0.999. The molecule has 1 aromatic carbocycles. The average molecular weight is 538 g/mol. The third-order valence-corrected chi connectivity index (χ3v) is 8.84. The molecule has 0 saturated carbocycles. The quantitative estimate of drug-likeness (QED) is 0.391. The monoisotopic (exact) mass is 537 g/mol. The van der Waals surface area contributed by atoms with Crippen LogP contribution < -0.4 is 0 Å². The number of benzene rings is 1. The second-order valence-electron chi connectivity index (χ2n) is 11.4. The Bertz CT molecular complexity index is 1090. The first kappa shape index (κ1) is 29.0. The van der Waals surface area contributed by atoms with E-state index in [0.29, 0.717) is 32.5 Å². The Morgan fingerprint density at radius 1 is 1.18 bits per heavy atom. The summed E-state index contributed by atoms with van der Waals surface area (Å²) in [5.74, 6) is -2.18. The second kappa shape index (κ2) is 11.6. The van der Waals surface area contributed by atoms with Crippen LogP contribution in [0.2, 0.25) is 0 Å². The van der Waals surface area contributed by atoms with Crippen LogP contribution >= 0.6 is 0 Å². The maximum absolute atomic E-state index is 14.3. The molecule has 8 heteroatoms. The molecule has 3 saturated heterocycles. The Hall–Kier alpha value is -2.97. The van der Waals surface area contributed by atoms with Crippen molar-refractivity contribution in [1.82, 2.24) is 14.7 Å². The Morgan fingerprint density at radius 3 is 2.49 bits per heavy atom. The lowest BCUT2D eigenvalue weighted by atomic mass is 9.66. The van der Waals surface area contributed by atoms with E-state index in [0.717, 1.165) is 18.4 Å². The first-order valence-corrected chi connectivity index (χ1v) is 14.2. The number of hydrogen-bond acceptors (Lipinski definition) is 5. The molecule has 3 amide bonds. The van der Waals surface area contributed by atoms with Crippen molar-refractivity contribution < 1.29 is 24.2 Å². The molecule has 3 heterocycles. The average Bonchev–Trinajstić information content (AvgIpc) is 3.48. The van der Waals surface area contributed by atoms with Gasteiger partial charge in [-0.3, -0.25) is 14.4 Å². The normalized spacial score (nSPS) is 29.7. The van der Waals surface area contributed by atoms with Gasteiger partial charge < -0.3 is 24.5 Å². The van der Waals surface area contributed by atoms with E-state index in [9.17, 15) is 19.5 Å². The van der Waals surface area contributed by atoms with E-state index >= 15 is 0 Å². The standard InChI is InChI=1S/C31H43N3O5/c1-6-12-22(4)33(18-8-3)29(38)26-31-16-15-30(5,39-31)24(25(31)28(37)34(26)19-20-35)27(36)32(17-7-2)21-23-13-10-9-11-14-23/h7-11,13-14,22,24-26,35H,2-3,6,12,15-21H2,1,4-5H3/t22?,24-,25-,26?,30+,31?/m0/s1. The predicted octanol–water partition coefficient (Wildman–Crippen LogP) is 3.16. The van der Waals surface area contributed by atoms with E-state index in [1.807, 2.05) is 44.2 Å². The predicted molar refractivity (Wildman–Crippen MR) is 149 cm³/mol. The van der Waals surface area contributed by atoms with Crippen molar-refractivity contribution in [3.63, 3.8) is 0 Å². The molecule has 212 valence electrons. The molecular weight excluding hydrogens is 494 g/mol. The number of aliphatic hydroxyl groups is 1. The van der Waals surface area contributed by atoms with Crippen LogP contribution in [-0.2, 0) is 25.7 Å². The molecule has 3 aliphatic heterocycles. The van der Waals surface area contributed by atoms with Crippen LogP contribution in [0.25, 0.3) is 0 Å². The van der Waals surface area contributed by atoms with Crippen molar-refractivity contribution in [3.05, 3.63) is 61.2 Å². The lowest BCUT2D eigenvalue weighted by molar-refractivity contribution is -0.155. The van der Waals surface area contributed by atoms with E-state index in [-0.39, 0.29) is 36.9 Å². The number of amides is 3. The van der Waals surface area contributed by atoms with Gasteiger partial charge in [0, 0.05) is 32.2 Å². The van der Waals surface area contributed by atoms with E-state index < -0.39 is 29.1 Å². The van der Waals surface area contributed by atoms with Crippen LogP contribution in [0, 0.1) is 11.8 Å². The summed E-state index contributed by atoms with van der Waals surface area (Å²) >= 11 is 0. The molecule has 0 aliphatic carbocycles. The smallest absolute Gasteiger partial charge is 0.248 e. The first-order chi connectivity index (χ1) is 18.7. The van der Waals surface area contributed by atoms with Crippen molar-refractivity contribution in [3.8, 4) is 0 Å². The van der Waals surface area contributed by atoms with Gasteiger partial charge in [0.25, 0.3) is 0 Å². The van der Waals surface area contributed by atoms with Crippen molar-refractivity contribution in [2.24, 2.45) is 11.8 Å². The van der Waals surface area contributed by atoms with E-state index in [1.54, 1.807) is 22.0 Å². The molecule has 8 nitrogen and oxygen atoms in total. The van der Waals surface area contributed by atoms with E-state index in [4.69, 9.17) is 4.74 Å². The van der Waals surface area contributed by atoms with Gasteiger partial charge in [0.1, 0.15) is 11.6 Å². The first-order valence-electron chi connectivity index (χ1n) is 14.2. The Labute approximate surface area is 232 Å². The molecule has 0 radical (unpaired) electrons. The third kappa shape index (κ3) is 4.93. The highest BCUT2D eigenvalue weighted by Gasteiger charge is 2.78. The van der Waals surface area contributed by atoms with Crippen LogP contribution in [0.3, 0.4) is 0 Å². The number of nitrogens with zero attached hydrogens (tertiary/aromatic N) is 3. The number of likely N-dealkylation sites (tertiary alicyclic amines) is 1. The Morgan fingerprint density at radius 2 is 1.87 bits per heavy atom. The third-order valence-electron chi connectivity index (χ3n) is 8.84. The van der Waals surface area contributed by atoms with Crippen molar-refractivity contribution in [1.29, 1.82) is 0 Å². The summed E-state index contributed by atoms with van der Waals surface area (Å²) in [7, 11) is 0. The van der Waals surface area contributed by atoms with Crippen molar-refractivity contribution >= 4 is 17.7 Å². The maximum atomic E-state index is 14.3. The summed E-state index contributed by atoms with van der Waals surface area (Å²) in [5, 5.41) is 9.90. The fraction of sp³-hybridized carbons (Fsp3) is 0.581. The molecule has 1 spiro atoms. The van der Waals surface area contributed by atoms with Crippen molar-refractivity contribution in [2.45, 2.75) is 76.3 Å². The Kier molecular flexibility index (Phi) is 8.66. The number of β-amino-alcohol motifs (C(OH)–C–C–N with tert-alkyl or cyclic N) is 1. The van der Waals surface area contributed by atoms with Crippen LogP contribution in [0.5, 0.6) is 0 Å². The summed E-state index contributed by atoms with van der Waals surface area (Å²) in [6.07, 6.45) is 6.19. The fourth-order valence-electron chi connectivity index (χ4n) is 7.18. The van der Waals surface area contributed by atoms with Gasteiger partial charge >= 0.3 is 0 Å². The number of aliphatic hydroxyl groups excluding tert-OH is 1. The van der Waals surface area contributed by atoms with Crippen LogP contribution in [0.1, 0.15) is 52.0 Å². The van der Waals surface area contributed by atoms with Crippen molar-refractivity contribution in [2.75, 3.05) is 26.2 Å². The topological polar surface area (TPSA) is 90.4 Å². The van der Waals surface area contributed by atoms with E-state index in [2.05, 4.69) is 20.1 Å². The minimum Gasteiger partial charge on any atom is -0.395 e. The van der Waals surface area contributed by atoms with Gasteiger partial charge in [0.2, 0.25) is 17.7 Å². The number of ether oxygens (including phenoxy) is 1. The summed E-state index contributed by atoms with van der Waals surface area (Å²) in [6.45, 7) is 14.5. The molecule has 2 bridgehead atoms. The highest BCUT2D eigenvalue weighted by molar-refractivity contribution is 5.99. The fourth-order valence-corrected chi connectivity index (χ4v) is 7.18. The molecule has 3 fully saturated rings. The van der Waals surface area contributed by atoms with Gasteiger partial charge in [-0.25, -0.2) is 0 Å². The molecule has 3 aliphatic rings. The minimum atomic E-state index is -1.11. The van der Waals surface area contributed by atoms with Crippen LogP contribution in [0.4, 0.5) is 0 Å². The zero-order chi connectivity index (χ0) is 28.4. The lowest BCUT2D eigenvalue weighted by Gasteiger charge is -2.38. The SMILES string of the molecule is C=CCN(Cc1ccccc1)C(=O)[C@@H]1[C@H]2C(=O)N(CCO)C(C(=O)N(CC=C)C(C)CCC)C23CC[C@@]1(C)O3. The molecule has 6 atom stereocenters. The van der Waals surface area contributed by atoms with Gasteiger partial charge in [0.05, 0.1) is 24.0 Å². The van der Waals surface area contributed by atoms with Gasteiger partial charge in [-0.15, -0.1) is 13.2 Å². The molecule has 4 rings (SSSR count). The van der Waals surface area contributed by atoms with Gasteiger partial charge in [-0.2, -0.15) is 0 Å². The summed E-state index contributed by atoms with van der Waals surface area (Å²) in [4.78, 5) is 47.6. The van der Waals surface area contributed by atoms with E-state index in [1.165, 1.54) is 4.90 Å². The molecule has 1 aromatic rings. The van der Waals surface area contributed by atoms with Gasteiger partial charge in [-0.05, 0) is 38.7 Å². The summed E-state index contributed by atoms with van der Waals surface area (Å²) < 4.78 is 6.74. The zero-order valence-corrected chi connectivity index (χ0v) is 23.6. The van der Waals surface area contributed by atoms with Gasteiger partial charge in [-0.1, -0.05) is 55.8 Å². The Balaban J connectivity index is 1.73. The number of carbonyl (C=O) groups excluding carboxylic acids is 3. The van der Waals surface area contributed by atoms with Crippen LogP contribution in [-0.4, -0.2) is 87.1 Å². The molecule has 1 N–H and O–H groups in total. The van der Waals surface area contributed by atoms with Crippen LogP contribution in [0.15, 0.2) is 55.6 Å². The molecular formula is C31H43N3O5. The molecule has 0 aromatic heterocycles. The van der Waals surface area contributed by atoms with Gasteiger partial charge in [0.15, 0.2) is 0 Å². The largest absolute Gasteiger partial charge is 0.395 e. The maximum Gasteiger partial charge on any atom is 0.248 e. The highest BCUT2D eigenvalue weighted by Crippen LogP contribution is 2.63. The lowest BCUT2D eigenvalue weighted by Crippen LogP contribution is -2.58. The molecule has 39 heavy (non-hydrogen) atoms. The second-order valence-corrected chi connectivity index (χ2v) is 11.4. The summed E-state index contributed by atoms with van der Waals surface area (Å²) in [6, 6.07) is 8.77. The number of hydrogen-bond donors (Lipinski definition) is 1. The molecule has 3 unspecified atom stereocenters.